The molecule has 3 N–H and O–H groups in total. The molecule has 1 amide bonds. The highest BCUT2D eigenvalue weighted by Crippen LogP contribution is 2.22. The van der Waals surface area contributed by atoms with E-state index in [4.69, 9.17) is 0 Å². The van der Waals surface area contributed by atoms with Crippen LogP contribution in [-0.4, -0.2) is 38.6 Å². The molecule has 6 heteroatoms. The lowest BCUT2D eigenvalue weighted by Crippen LogP contribution is -3.16. The molecule has 3 rings (SSSR count). The number of nitrogens with zero attached hydrogens (tertiary/aromatic N) is 1. The Labute approximate surface area is 157 Å². The number of aromatic nitrogens is 1. The van der Waals surface area contributed by atoms with Gasteiger partial charge in [0, 0.05) is 10.5 Å². The predicted octanol–water partition coefficient (Wildman–Crippen LogP) is 0.846. The standard InChI is InChI=1S/C19H23BrN4O/c1-15(16-6-2-3-7-17(16)20)22-19(25)14-23-10-12-24(13-11-23)18-8-4-5-9-21-18/h2-9,15H,10-14H2,1H3,(H,22,25)/p+2/t15-/m0/s1. The molecule has 1 aliphatic heterocycles. The molecule has 1 aromatic carbocycles. The van der Waals surface area contributed by atoms with Crippen LogP contribution in [0.1, 0.15) is 18.5 Å². The zero-order chi connectivity index (χ0) is 17.6. The SMILES string of the molecule is C[C@H](NC(=O)C[NH+]1CCN(c2cccc[nH+]2)CC1)c1ccccc1Br. The number of aromatic amines is 1. The van der Waals surface area contributed by atoms with Crippen molar-refractivity contribution in [3.63, 3.8) is 0 Å². The van der Waals surface area contributed by atoms with E-state index < -0.39 is 0 Å². The Balaban J connectivity index is 1.47. The number of hydrogen-bond donors (Lipinski definition) is 2. The van der Waals surface area contributed by atoms with Gasteiger partial charge in [-0.3, -0.25) is 9.69 Å². The molecule has 25 heavy (non-hydrogen) atoms. The highest BCUT2D eigenvalue weighted by atomic mass is 79.9. The van der Waals surface area contributed by atoms with Crippen LogP contribution in [0.25, 0.3) is 0 Å². The molecular weight excluding hydrogens is 380 g/mol. The minimum absolute atomic E-state index is 0.00248. The third-order valence-corrected chi connectivity index (χ3v) is 5.39. The van der Waals surface area contributed by atoms with Crippen LogP contribution >= 0.6 is 15.9 Å². The molecule has 1 aliphatic rings. The minimum Gasteiger partial charge on any atom is -0.345 e. The molecule has 1 saturated heterocycles. The van der Waals surface area contributed by atoms with Crippen LogP contribution in [0.5, 0.6) is 0 Å². The van der Waals surface area contributed by atoms with E-state index in [-0.39, 0.29) is 11.9 Å². The molecule has 2 aromatic rings. The third kappa shape index (κ3) is 4.80. The van der Waals surface area contributed by atoms with E-state index in [1.165, 1.54) is 4.90 Å². The summed E-state index contributed by atoms with van der Waals surface area (Å²) in [4.78, 5) is 19.3. The van der Waals surface area contributed by atoms with Crippen molar-refractivity contribution in [1.29, 1.82) is 0 Å². The summed E-state index contributed by atoms with van der Waals surface area (Å²) in [5.41, 5.74) is 1.11. The maximum Gasteiger partial charge on any atom is 0.275 e. The van der Waals surface area contributed by atoms with Crippen molar-refractivity contribution in [1.82, 2.24) is 5.32 Å². The van der Waals surface area contributed by atoms with Gasteiger partial charge in [-0.05, 0) is 24.6 Å². The van der Waals surface area contributed by atoms with Crippen LogP contribution in [0.4, 0.5) is 5.82 Å². The van der Waals surface area contributed by atoms with Crippen LogP contribution in [-0.2, 0) is 4.79 Å². The average molecular weight is 405 g/mol. The van der Waals surface area contributed by atoms with Gasteiger partial charge < -0.3 is 10.2 Å². The Morgan fingerprint density at radius 3 is 2.64 bits per heavy atom. The molecular formula is C19H25BrN4O+2. The number of carbonyl (C=O) groups excluding carboxylic acids is 1. The molecule has 0 unspecified atom stereocenters. The van der Waals surface area contributed by atoms with Crippen LogP contribution in [0.3, 0.4) is 0 Å². The number of carbonyl (C=O) groups is 1. The van der Waals surface area contributed by atoms with Crippen LogP contribution in [0.2, 0.25) is 0 Å². The Bertz CT molecular complexity index is 702. The summed E-state index contributed by atoms with van der Waals surface area (Å²) in [6, 6.07) is 14.1. The van der Waals surface area contributed by atoms with Crippen molar-refractivity contribution < 1.29 is 14.7 Å². The van der Waals surface area contributed by atoms with Gasteiger partial charge in [0.1, 0.15) is 26.2 Å². The zero-order valence-corrected chi connectivity index (χ0v) is 16.1. The lowest BCUT2D eigenvalue weighted by Gasteiger charge is -2.28. The fourth-order valence-corrected chi connectivity index (χ4v) is 3.87. The molecule has 2 heterocycles. The molecule has 1 atom stereocenters. The molecule has 132 valence electrons. The third-order valence-electron chi connectivity index (χ3n) is 4.66. The highest BCUT2D eigenvalue weighted by molar-refractivity contribution is 9.10. The summed E-state index contributed by atoms with van der Waals surface area (Å²) in [5, 5.41) is 3.12. The van der Waals surface area contributed by atoms with Gasteiger partial charge in [-0.15, -0.1) is 0 Å². The molecule has 1 aromatic heterocycles. The smallest absolute Gasteiger partial charge is 0.275 e. The van der Waals surface area contributed by atoms with Gasteiger partial charge in [0.25, 0.3) is 11.7 Å². The van der Waals surface area contributed by atoms with Gasteiger partial charge in [0.05, 0.1) is 12.2 Å². The van der Waals surface area contributed by atoms with Crippen LogP contribution in [0, 0.1) is 0 Å². The second-order valence-corrected chi connectivity index (χ2v) is 7.33. The second kappa shape index (κ2) is 8.45. The molecule has 0 bridgehead atoms. The van der Waals surface area contributed by atoms with Crippen molar-refractivity contribution in [3.05, 3.63) is 58.7 Å². The molecule has 0 spiro atoms. The van der Waals surface area contributed by atoms with Gasteiger partial charge in [-0.2, -0.15) is 0 Å². The first kappa shape index (κ1) is 17.9. The van der Waals surface area contributed by atoms with Crippen LogP contribution < -0.4 is 20.1 Å². The molecule has 0 saturated carbocycles. The van der Waals surface area contributed by atoms with Gasteiger partial charge >= 0.3 is 0 Å². The lowest BCUT2D eigenvalue weighted by atomic mass is 10.1. The largest absolute Gasteiger partial charge is 0.345 e. The van der Waals surface area contributed by atoms with E-state index in [0.29, 0.717) is 6.54 Å². The molecule has 1 fully saturated rings. The first-order valence-corrected chi connectivity index (χ1v) is 9.52. The van der Waals surface area contributed by atoms with Crippen molar-refractivity contribution in [3.8, 4) is 0 Å². The van der Waals surface area contributed by atoms with E-state index in [0.717, 1.165) is 42.0 Å². The van der Waals surface area contributed by atoms with E-state index in [1.54, 1.807) is 0 Å². The number of amides is 1. The maximum absolute atomic E-state index is 12.4. The molecule has 0 aliphatic carbocycles. The van der Waals surface area contributed by atoms with Gasteiger partial charge in [0.2, 0.25) is 0 Å². The van der Waals surface area contributed by atoms with Gasteiger partial charge in [0.15, 0.2) is 6.54 Å². The Morgan fingerprint density at radius 1 is 1.24 bits per heavy atom. The van der Waals surface area contributed by atoms with E-state index in [9.17, 15) is 4.79 Å². The Kier molecular flexibility index (Phi) is 6.04. The highest BCUT2D eigenvalue weighted by Gasteiger charge is 2.27. The van der Waals surface area contributed by atoms with E-state index >= 15 is 0 Å². The number of anilines is 1. The van der Waals surface area contributed by atoms with Crippen molar-refractivity contribution in [2.45, 2.75) is 13.0 Å². The average Bonchev–Trinajstić information content (AvgIpc) is 2.63. The number of piperazine rings is 1. The number of benzene rings is 1. The monoisotopic (exact) mass is 404 g/mol. The van der Waals surface area contributed by atoms with Gasteiger partial charge in [-0.1, -0.05) is 40.2 Å². The van der Waals surface area contributed by atoms with Crippen LogP contribution in [0.15, 0.2) is 53.1 Å². The minimum atomic E-state index is 0.00248. The van der Waals surface area contributed by atoms with Gasteiger partial charge in [-0.25, -0.2) is 4.98 Å². The number of rotatable bonds is 5. The van der Waals surface area contributed by atoms with Crippen molar-refractivity contribution >= 4 is 27.7 Å². The fraction of sp³-hybridized carbons (Fsp3) is 0.368. The van der Waals surface area contributed by atoms with E-state index in [1.807, 2.05) is 49.5 Å². The summed E-state index contributed by atoms with van der Waals surface area (Å²) in [6.45, 7) is 6.42. The second-order valence-electron chi connectivity index (χ2n) is 6.47. The number of H-pyrrole nitrogens is 1. The normalized spacial score (nSPS) is 16.5. The summed E-state index contributed by atoms with van der Waals surface area (Å²) in [5.74, 6) is 1.26. The topological polar surface area (TPSA) is 50.9 Å². The number of pyridine rings is 1. The number of halogens is 1. The summed E-state index contributed by atoms with van der Waals surface area (Å²) in [6.07, 6.45) is 1.95. The van der Waals surface area contributed by atoms with E-state index in [2.05, 4.69) is 37.2 Å². The number of quaternary nitrogens is 1. The fourth-order valence-electron chi connectivity index (χ4n) is 3.24. The first-order valence-electron chi connectivity index (χ1n) is 8.72. The maximum atomic E-state index is 12.4. The Morgan fingerprint density at radius 2 is 1.96 bits per heavy atom. The quantitative estimate of drug-likeness (QED) is 0.775. The summed E-state index contributed by atoms with van der Waals surface area (Å²) in [7, 11) is 0. The summed E-state index contributed by atoms with van der Waals surface area (Å²) >= 11 is 3.55. The Hall–Kier alpha value is -1.92. The number of nitrogens with one attached hydrogen (secondary N) is 3. The zero-order valence-electron chi connectivity index (χ0n) is 14.5. The molecule has 0 radical (unpaired) electrons. The lowest BCUT2D eigenvalue weighted by molar-refractivity contribution is -0.892. The van der Waals surface area contributed by atoms with Crippen molar-refractivity contribution in [2.75, 3.05) is 37.6 Å². The van der Waals surface area contributed by atoms with Crippen molar-refractivity contribution in [2.24, 2.45) is 0 Å². The first-order chi connectivity index (χ1) is 12.1. The molecule has 5 nitrogen and oxygen atoms in total. The predicted molar refractivity (Wildman–Crippen MR) is 101 cm³/mol. The summed E-state index contributed by atoms with van der Waals surface area (Å²) < 4.78 is 1.03. The number of hydrogen-bond acceptors (Lipinski definition) is 2.